The van der Waals surface area contributed by atoms with Gasteiger partial charge in [-0.1, -0.05) is 23.7 Å². The summed E-state index contributed by atoms with van der Waals surface area (Å²) in [5, 5.41) is 3.13. The molecule has 0 radical (unpaired) electrons. The average Bonchev–Trinajstić information content (AvgIpc) is 3.24. The van der Waals surface area contributed by atoms with Crippen LogP contribution in [0.25, 0.3) is 0 Å². The topological polar surface area (TPSA) is 72.5 Å². The quantitative estimate of drug-likeness (QED) is 0.723. The molecule has 0 aliphatic heterocycles. The molecule has 0 aliphatic rings. The second-order valence-corrected chi connectivity index (χ2v) is 6.78. The van der Waals surface area contributed by atoms with Crippen LogP contribution in [0.3, 0.4) is 0 Å². The first-order valence-electron chi connectivity index (χ1n) is 7.15. The van der Waals surface area contributed by atoms with Crippen molar-refractivity contribution in [3.8, 4) is 0 Å². The van der Waals surface area contributed by atoms with E-state index in [1.54, 1.807) is 48.5 Å². The van der Waals surface area contributed by atoms with Crippen LogP contribution < -0.4 is 5.32 Å². The van der Waals surface area contributed by atoms with Gasteiger partial charge in [0.1, 0.15) is 11.5 Å². The number of halogens is 1. The lowest BCUT2D eigenvalue weighted by molar-refractivity contribution is 0.0919. The van der Waals surface area contributed by atoms with E-state index in [0.29, 0.717) is 21.4 Å². The minimum absolute atomic E-state index is 0.148. The van der Waals surface area contributed by atoms with Gasteiger partial charge in [0, 0.05) is 0 Å². The summed E-state index contributed by atoms with van der Waals surface area (Å²) >= 11 is 6.03. The molecule has 0 spiro atoms. The van der Waals surface area contributed by atoms with Gasteiger partial charge in [-0.2, -0.15) is 0 Å². The van der Waals surface area contributed by atoms with Gasteiger partial charge in [0.2, 0.25) is 0 Å². The molecule has 5 nitrogen and oxygen atoms in total. The fourth-order valence-corrected chi connectivity index (χ4v) is 3.56. The summed E-state index contributed by atoms with van der Waals surface area (Å²) in [5.41, 5.74) is 0. The first kappa shape index (κ1) is 16.5. The Labute approximate surface area is 146 Å². The van der Waals surface area contributed by atoms with Gasteiger partial charge < -0.3 is 14.2 Å². The zero-order valence-electron chi connectivity index (χ0n) is 12.5. The third-order valence-corrected chi connectivity index (χ3v) is 5.08. The number of benzene rings is 1. The predicted molar refractivity (Wildman–Crippen MR) is 90.2 cm³/mol. The maximum atomic E-state index is 12.3. The lowest BCUT2D eigenvalue weighted by Crippen LogP contribution is -2.21. The largest absolute Gasteiger partial charge is 0.467 e. The summed E-state index contributed by atoms with van der Waals surface area (Å²) in [6, 6.07) is 13.6. The molecule has 2 aromatic heterocycles. The Balaban J connectivity index is 1.62. The van der Waals surface area contributed by atoms with Crippen molar-refractivity contribution in [3.05, 3.63) is 77.1 Å². The number of amides is 1. The van der Waals surface area contributed by atoms with Gasteiger partial charge in [-0.25, -0.2) is 0 Å². The summed E-state index contributed by atoms with van der Waals surface area (Å²) in [4.78, 5) is 12.6. The number of carbonyl (C=O) groups is 1. The highest BCUT2D eigenvalue weighted by molar-refractivity contribution is 7.84. The van der Waals surface area contributed by atoms with E-state index in [1.165, 1.54) is 6.26 Å². The van der Waals surface area contributed by atoms with Gasteiger partial charge in [-0.05, 0) is 36.4 Å². The van der Waals surface area contributed by atoms with E-state index in [-0.39, 0.29) is 24.0 Å². The molecule has 2 heterocycles. The standard InChI is InChI=1S/C17H14ClNO4S/c18-14-5-1-2-6-16(14)24(21)11-13-7-8-15(23-13)17(20)19-10-12-4-3-9-22-12/h1-9H,10-11H2,(H,19,20)/t24-/m1/s1. The van der Waals surface area contributed by atoms with E-state index < -0.39 is 10.8 Å². The Kier molecular flexibility index (Phi) is 5.17. The first-order chi connectivity index (χ1) is 11.6. The molecule has 0 aliphatic carbocycles. The van der Waals surface area contributed by atoms with Crippen LogP contribution in [0.2, 0.25) is 5.02 Å². The minimum atomic E-state index is -1.35. The molecule has 1 amide bonds. The lowest BCUT2D eigenvalue weighted by atomic mass is 10.4. The van der Waals surface area contributed by atoms with Crippen molar-refractivity contribution in [1.29, 1.82) is 0 Å². The number of rotatable bonds is 6. The smallest absolute Gasteiger partial charge is 0.287 e. The summed E-state index contributed by atoms with van der Waals surface area (Å²) < 4.78 is 23.0. The SMILES string of the molecule is O=C(NCc1ccco1)c1ccc(C[S@@](=O)c2ccccc2Cl)o1. The van der Waals surface area contributed by atoms with Gasteiger partial charge >= 0.3 is 0 Å². The molecule has 1 atom stereocenters. The summed E-state index contributed by atoms with van der Waals surface area (Å²) in [7, 11) is -1.35. The molecule has 0 saturated carbocycles. The average molecular weight is 364 g/mol. The van der Waals surface area contributed by atoms with E-state index in [4.69, 9.17) is 20.4 Å². The van der Waals surface area contributed by atoms with E-state index >= 15 is 0 Å². The Morgan fingerprint density at radius 1 is 1.08 bits per heavy atom. The highest BCUT2D eigenvalue weighted by Crippen LogP contribution is 2.22. The molecule has 0 bridgehead atoms. The van der Waals surface area contributed by atoms with Crippen LogP contribution in [0.4, 0.5) is 0 Å². The molecular weight excluding hydrogens is 350 g/mol. The van der Waals surface area contributed by atoms with Crippen LogP contribution in [0.5, 0.6) is 0 Å². The number of nitrogens with one attached hydrogen (secondary N) is 1. The predicted octanol–water partition coefficient (Wildman–Crippen LogP) is 3.76. The number of furan rings is 2. The Morgan fingerprint density at radius 2 is 1.92 bits per heavy atom. The van der Waals surface area contributed by atoms with Crippen molar-refractivity contribution < 1.29 is 17.8 Å². The number of carbonyl (C=O) groups excluding carboxylic acids is 1. The van der Waals surface area contributed by atoms with Crippen LogP contribution >= 0.6 is 11.6 Å². The number of hydrogen-bond donors (Lipinski definition) is 1. The normalized spacial score (nSPS) is 12.0. The van der Waals surface area contributed by atoms with Crippen molar-refractivity contribution in [3.63, 3.8) is 0 Å². The molecule has 124 valence electrons. The van der Waals surface area contributed by atoms with Crippen molar-refractivity contribution in [2.24, 2.45) is 0 Å². The summed E-state index contributed by atoms with van der Waals surface area (Å²) in [5.74, 6) is 1.05. The van der Waals surface area contributed by atoms with Gasteiger partial charge in [-0.3, -0.25) is 9.00 Å². The third kappa shape index (κ3) is 3.96. The molecule has 7 heteroatoms. The Morgan fingerprint density at radius 3 is 2.67 bits per heavy atom. The second kappa shape index (κ2) is 7.51. The van der Waals surface area contributed by atoms with Crippen molar-refractivity contribution in [2.75, 3.05) is 0 Å². The highest BCUT2D eigenvalue weighted by Gasteiger charge is 2.15. The highest BCUT2D eigenvalue weighted by atomic mass is 35.5. The first-order valence-corrected chi connectivity index (χ1v) is 8.85. The molecule has 0 saturated heterocycles. The van der Waals surface area contributed by atoms with E-state index in [9.17, 15) is 9.00 Å². The molecule has 3 rings (SSSR count). The molecule has 24 heavy (non-hydrogen) atoms. The van der Waals surface area contributed by atoms with Crippen molar-refractivity contribution >= 4 is 28.3 Å². The van der Waals surface area contributed by atoms with E-state index in [1.807, 2.05) is 0 Å². The summed E-state index contributed by atoms with van der Waals surface area (Å²) in [6.07, 6.45) is 1.54. The van der Waals surface area contributed by atoms with Gasteiger partial charge in [0.25, 0.3) is 5.91 Å². The van der Waals surface area contributed by atoms with Crippen LogP contribution in [0, 0.1) is 0 Å². The van der Waals surface area contributed by atoms with Crippen LogP contribution in [0.15, 0.2) is 68.5 Å². The molecule has 0 unspecified atom stereocenters. The maximum absolute atomic E-state index is 12.3. The van der Waals surface area contributed by atoms with Gasteiger partial charge in [0.15, 0.2) is 5.76 Å². The zero-order chi connectivity index (χ0) is 16.9. The second-order valence-electron chi connectivity index (χ2n) is 4.95. The fourth-order valence-electron chi connectivity index (χ4n) is 2.08. The third-order valence-electron chi connectivity index (χ3n) is 3.24. The summed E-state index contributed by atoms with van der Waals surface area (Å²) in [6.45, 7) is 0.271. The molecule has 1 N–H and O–H groups in total. The van der Waals surface area contributed by atoms with Gasteiger partial charge in [0.05, 0.1) is 39.3 Å². The lowest BCUT2D eigenvalue weighted by Gasteiger charge is -2.03. The van der Waals surface area contributed by atoms with Gasteiger partial charge in [-0.15, -0.1) is 0 Å². The van der Waals surface area contributed by atoms with E-state index in [2.05, 4.69) is 5.32 Å². The fraction of sp³-hybridized carbons (Fsp3) is 0.118. The maximum Gasteiger partial charge on any atom is 0.287 e. The van der Waals surface area contributed by atoms with Crippen molar-refractivity contribution in [1.82, 2.24) is 5.32 Å². The van der Waals surface area contributed by atoms with Crippen LogP contribution in [-0.2, 0) is 23.1 Å². The Hall–Kier alpha value is -2.31. The van der Waals surface area contributed by atoms with E-state index in [0.717, 1.165) is 0 Å². The molecule has 0 fully saturated rings. The monoisotopic (exact) mass is 363 g/mol. The molecule has 1 aromatic carbocycles. The van der Waals surface area contributed by atoms with Crippen molar-refractivity contribution in [2.45, 2.75) is 17.2 Å². The Bertz CT molecular complexity index is 857. The molecular formula is C17H14ClNO4S. The van der Waals surface area contributed by atoms with Crippen LogP contribution in [-0.4, -0.2) is 10.1 Å². The number of hydrogen-bond acceptors (Lipinski definition) is 4. The zero-order valence-corrected chi connectivity index (χ0v) is 14.1. The minimum Gasteiger partial charge on any atom is -0.467 e. The molecule has 3 aromatic rings. The van der Waals surface area contributed by atoms with Crippen LogP contribution in [0.1, 0.15) is 22.1 Å².